The summed E-state index contributed by atoms with van der Waals surface area (Å²) in [6.07, 6.45) is -0.111. The molecule has 2 N–H and O–H groups in total. The lowest BCUT2D eigenvalue weighted by atomic mass is 9.95. The van der Waals surface area contributed by atoms with Crippen LogP contribution < -0.4 is 4.74 Å². The molecule has 21 heavy (non-hydrogen) atoms. The highest BCUT2D eigenvalue weighted by atomic mass is 32.1. The van der Waals surface area contributed by atoms with E-state index >= 15 is 0 Å². The molecule has 5 nitrogen and oxygen atoms in total. The van der Waals surface area contributed by atoms with E-state index in [0.29, 0.717) is 12.2 Å². The van der Waals surface area contributed by atoms with E-state index in [1.54, 1.807) is 18.2 Å². The first-order valence-electron chi connectivity index (χ1n) is 6.86. The van der Waals surface area contributed by atoms with Crippen molar-refractivity contribution in [3.8, 4) is 5.75 Å². The average molecular weight is 314 g/mol. The first kappa shape index (κ1) is 17.8. The molecule has 2 atom stereocenters. The number of thiol groups is 1. The number of hydrogen-bond acceptors (Lipinski definition) is 6. The summed E-state index contributed by atoms with van der Waals surface area (Å²) in [5.74, 6) is 0.237. The molecule has 0 saturated heterocycles. The zero-order chi connectivity index (χ0) is 15.7. The Bertz CT molecular complexity index is 438. The van der Waals surface area contributed by atoms with Gasteiger partial charge in [0.1, 0.15) is 12.4 Å². The fraction of sp³-hybridized carbons (Fsp3) is 0.533. The third-order valence-electron chi connectivity index (χ3n) is 3.06. The van der Waals surface area contributed by atoms with Crippen LogP contribution in [0.25, 0.3) is 0 Å². The summed E-state index contributed by atoms with van der Waals surface area (Å²) in [4.78, 5) is 11.0. The molecule has 0 amide bonds. The largest absolute Gasteiger partial charge is 0.491 e. The molecule has 0 saturated carbocycles. The van der Waals surface area contributed by atoms with E-state index < -0.39 is 6.10 Å². The predicted molar refractivity (Wildman–Crippen MR) is 82.6 cm³/mol. The fourth-order valence-corrected chi connectivity index (χ4v) is 1.93. The van der Waals surface area contributed by atoms with Crippen molar-refractivity contribution in [2.24, 2.45) is 5.92 Å². The first-order valence-corrected chi connectivity index (χ1v) is 7.50. The Labute approximate surface area is 130 Å². The molecule has 0 bridgehead atoms. The quantitative estimate of drug-likeness (QED) is 0.477. The Kier molecular flexibility index (Phi) is 8.19. The molecular formula is C15H22O5S. The number of esters is 1. The van der Waals surface area contributed by atoms with Gasteiger partial charge < -0.3 is 19.7 Å². The first-order chi connectivity index (χ1) is 10.1. The van der Waals surface area contributed by atoms with Crippen molar-refractivity contribution in [2.75, 3.05) is 25.6 Å². The van der Waals surface area contributed by atoms with Gasteiger partial charge in [0.05, 0.1) is 25.1 Å². The van der Waals surface area contributed by atoms with Crippen molar-refractivity contribution >= 4 is 18.6 Å². The van der Waals surface area contributed by atoms with Gasteiger partial charge in [-0.3, -0.25) is 4.79 Å². The summed E-state index contributed by atoms with van der Waals surface area (Å²) in [7, 11) is 0. The predicted octanol–water partition coefficient (Wildman–Crippen LogP) is 1.59. The summed E-state index contributed by atoms with van der Waals surface area (Å²) in [5, 5.41) is 19.0. The number of hydrogen-bond donors (Lipinski definition) is 3. The topological polar surface area (TPSA) is 76.0 Å². The summed E-state index contributed by atoms with van der Waals surface area (Å²) in [6, 6.07) is 7.12. The van der Waals surface area contributed by atoms with Crippen LogP contribution in [0.5, 0.6) is 5.75 Å². The Hall–Kier alpha value is -1.24. The van der Waals surface area contributed by atoms with Crippen LogP contribution in [0.1, 0.15) is 25.0 Å². The second-order valence-corrected chi connectivity index (χ2v) is 5.05. The normalized spacial score (nSPS) is 13.5. The van der Waals surface area contributed by atoms with Gasteiger partial charge in [-0.25, -0.2) is 0 Å². The molecular weight excluding hydrogens is 292 g/mol. The molecule has 0 fully saturated rings. The van der Waals surface area contributed by atoms with Crippen LogP contribution in [-0.4, -0.2) is 41.8 Å². The van der Waals surface area contributed by atoms with E-state index in [2.05, 4.69) is 12.6 Å². The van der Waals surface area contributed by atoms with E-state index in [-0.39, 0.29) is 37.5 Å². The molecule has 0 aromatic heterocycles. The van der Waals surface area contributed by atoms with Gasteiger partial charge in [-0.2, -0.15) is 12.6 Å². The number of aliphatic hydroxyl groups excluding tert-OH is 2. The fourth-order valence-electron chi connectivity index (χ4n) is 1.84. The lowest BCUT2D eigenvalue weighted by Gasteiger charge is -2.19. The van der Waals surface area contributed by atoms with E-state index in [9.17, 15) is 9.90 Å². The Morgan fingerprint density at radius 1 is 1.38 bits per heavy atom. The summed E-state index contributed by atoms with van der Waals surface area (Å²) < 4.78 is 10.3. The van der Waals surface area contributed by atoms with Crippen molar-refractivity contribution in [2.45, 2.75) is 19.4 Å². The van der Waals surface area contributed by atoms with Crippen molar-refractivity contribution in [1.29, 1.82) is 0 Å². The molecule has 0 aliphatic heterocycles. The average Bonchev–Trinajstić information content (AvgIpc) is 2.52. The number of aliphatic hydroxyl groups is 2. The zero-order valence-electron chi connectivity index (χ0n) is 12.1. The molecule has 1 aromatic rings. The number of carbonyl (C=O) groups excluding carboxylic acids is 1. The number of rotatable bonds is 9. The van der Waals surface area contributed by atoms with Gasteiger partial charge in [-0.15, -0.1) is 0 Å². The van der Waals surface area contributed by atoms with Crippen molar-refractivity contribution in [3.63, 3.8) is 0 Å². The minimum absolute atomic E-state index is 0.0559. The lowest BCUT2D eigenvalue weighted by Crippen LogP contribution is -2.14. The smallest absolute Gasteiger partial charge is 0.315 e. The molecule has 0 aliphatic carbocycles. The van der Waals surface area contributed by atoms with Crippen LogP contribution in [0.15, 0.2) is 24.3 Å². The molecule has 0 heterocycles. The van der Waals surface area contributed by atoms with Gasteiger partial charge in [-0.05, 0) is 30.0 Å². The molecule has 0 spiro atoms. The second kappa shape index (κ2) is 9.65. The number of ether oxygens (including phenoxy) is 2. The molecule has 0 aliphatic rings. The SMILES string of the molecule is C[C@H](CCOC(=O)CS)[C@@H](O)c1cccc(OCCO)c1. The Morgan fingerprint density at radius 3 is 2.81 bits per heavy atom. The molecule has 0 radical (unpaired) electrons. The van der Waals surface area contributed by atoms with E-state index in [1.807, 2.05) is 13.0 Å². The van der Waals surface area contributed by atoms with Crippen LogP contribution in [0, 0.1) is 5.92 Å². The maximum absolute atomic E-state index is 11.0. The molecule has 1 aromatic carbocycles. The highest BCUT2D eigenvalue weighted by molar-refractivity contribution is 7.81. The molecule has 6 heteroatoms. The Morgan fingerprint density at radius 2 is 2.14 bits per heavy atom. The van der Waals surface area contributed by atoms with Gasteiger partial charge in [0.15, 0.2) is 0 Å². The monoisotopic (exact) mass is 314 g/mol. The van der Waals surface area contributed by atoms with Gasteiger partial charge in [0.2, 0.25) is 0 Å². The number of carbonyl (C=O) groups is 1. The minimum Gasteiger partial charge on any atom is -0.491 e. The van der Waals surface area contributed by atoms with Crippen LogP contribution in [0.3, 0.4) is 0 Å². The Balaban J connectivity index is 2.52. The highest BCUT2D eigenvalue weighted by Crippen LogP contribution is 2.27. The van der Waals surface area contributed by atoms with Crippen molar-refractivity contribution in [3.05, 3.63) is 29.8 Å². The lowest BCUT2D eigenvalue weighted by molar-refractivity contribution is -0.141. The van der Waals surface area contributed by atoms with Crippen molar-refractivity contribution < 1.29 is 24.5 Å². The van der Waals surface area contributed by atoms with Gasteiger partial charge in [-0.1, -0.05) is 19.1 Å². The third kappa shape index (κ3) is 6.37. The van der Waals surface area contributed by atoms with Crippen LogP contribution >= 0.6 is 12.6 Å². The van der Waals surface area contributed by atoms with Gasteiger partial charge >= 0.3 is 5.97 Å². The second-order valence-electron chi connectivity index (χ2n) is 4.73. The van der Waals surface area contributed by atoms with Crippen LogP contribution in [0.4, 0.5) is 0 Å². The maximum Gasteiger partial charge on any atom is 0.315 e. The third-order valence-corrected chi connectivity index (χ3v) is 3.32. The van der Waals surface area contributed by atoms with Crippen LogP contribution in [-0.2, 0) is 9.53 Å². The number of benzene rings is 1. The summed E-state index contributed by atoms with van der Waals surface area (Å²) in [5.41, 5.74) is 0.735. The summed E-state index contributed by atoms with van der Waals surface area (Å²) >= 11 is 3.82. The summed E-state index contributed by atoms with van der Waals surface area (Å²) in [6.45, 7) is 2.31. The standard InChI is InChI=1S/C15H22O5S/c1-11(5-7-20-14(17)10-21)15(18)12-3-2-4-13(9-12)19-8-6-16/h2-4,9,11,15-16,18,21H,5-8,10H2,1H3/t11-,15-/m1/s1. The molecule has 118 valence electrons. The van der Waals surface area contributed by atoms with Crippen molar-refractivity contribution in [1.82, 2.24) is 0 Å². The van der Waals surface area contributed by atoms with Gasteiger partial charge in [0, 0.05) is 0 Å². The molecule has 0 unspecified atom stereocenters. The van der Waals surface area contributed by atoms with Gasteiger partial charge in [0.25, 0.3) is 0 Å². The maximum atomic E-state index is 11.0. The minimum atomic E-state index is -0.669. The zero-order valence-corrected chi connectivity index (χ0v) is 13.0. The van der Waals surface area contributed by atoms with E-state index in [4.69, 9.17) is 14.6 Å². The molecule has 1 rings (SSSR count). The van der Waals surface area contributed by atoms with Crippen LogP contribution in [0.2, 0.25) is 0 Å². The highest BCUT2D eigenvalue weighted by Gasteiger charge is 2.17. The van der Waals surface area contributed by atoms with E-state index in [1.165, 1.54) is 0 Å². The van der Waals surface area contributed by atoms with E-state index in [0.717, 1.165) is 5.56 Å².